The first-order valence-corrected chi connectivity index (χ1v) is 7.07. The summed E-state index contributed by atoms with van der Waals surface area (Å²) in [5.41, 5.74) is 1.07. The SMILES string of the molecule is CCC1(c2ccc(O)cc2O)CCc2ccc(O)cc2O1. The minimum Gasteiger partial charge on any atom is -0.508 e. The number of aromatic hydroxyl groups is 3. The first-order chi connectivity index (χ1) is 10.0. The summed E-state index contributed by atoms with van der Waals surface area (Å²) in [7, 11) is 0. The fraction of sp³-hybridized carbons (Fsp3) is 0.294. The summed E-state index contributed by atoms with van der Waals surface area (Å²) in [4.78, 5) is 0. The normalized spacial score (nSPS) is 20.6. The van der Waals surface area contributed by atoms with Crippen LogP contribution < -0.4 is 4.74 Å². The number of phenols is 3. The fourth-order valence-corrected chi connectivity index (χ4v) is 2.98. The topological polar surface area (TPSA) is 69.9 Å². The van der Waals surface area contributed by atoms with Crippen LogP contribution in [0.5, 0.6) is 23.0 Å². The standard InChI is InChI=1S/C17H18O4/c1-2-17(14-6-5-12(18)9-15(14)20)8-7-11-3-4-13(19)10-16(11)21-17/h3-6,9-10,18-20H,2,7-8H2,1H3. The molecule has 1 heterocycles. The van der Waals surface area contributed by atoms with Crippen LogP contribution >= 0.6 is 0 Å². The first kappa shape index (κ1) is 13.6. The molecule has 2 aromatic rings. The molecule has 0 saturated carbocycles. The van der Waals surface area contributed by atoms with Gasteiger partial charge in [0, 0.05) is 17.7 Å². The Kier molecular flexibility index (Phi) is 3.16. The van der Waals surface area contributed by atoms with Crippen molar-refractivity contribution in [2.45, 2.75) is 31.8 Å². The zero-order valence-electron chi connectivity index (χ0n) is 11.8. The van der Waals surface area contributed by atoms with Gasteiger partial charge >= 0.3 is 0 Å². The Hall–Kier alpha value is -2.36. The van der Waals surface area contributed by atoms with E-state index in [0.29, 0.717) is 17.7 Å². The summed E-state index contributed by atoms with van der Waals surface area (Å²) in [6.45, 7) is 2.00. The number of benzene rings is 2. The van der Waals surface area contributed by atoms with Crippen molar-refractivity contribution in [3.63, 3.8) is 0 Å². The molecule has 1 aliphatic rings. The summed E-state index contributed by atoms with van der Waals surface area (Å²) in [5, 5.41) is 29.2. The van der Waals surface area contributed by atoms with Gasteiger partial charge in [-0.05, 0) is 43.0 Å². The summed E-state index contributed by atoms with van der Waals surface area (Å²) in [5.74, 6) is 0.864. The number of rotatable bonds is 2. The van der Waals surface area contributed by atoms with Gasteiger partial charge in [0.1, 0.15) is 28.6 Å². The average Bonchev–Trinajstić information content (AvgIpc) is 2.46. The lowest BCUT2D eigenvalue weighted by Gasteiger charge is -2.39. The van der Waals surface area contributed by atoms with Crippen LogP contribution in [-0.2, 0) is 12.0 Å². The van der Waals surface area contributed by atoms with Crippen molar-refractivity contribution >= 4 is 0 Å². The molecule has 0 bridgehead atoms. The van der Waals surface area contributed by atoms with E-state index in [9.17, 15) is 15.3 Å². The second-order valence-corrected chi connectivity index (χ2v) is 5.44. The summed E-state index contributed by atoms with van der Waals surface area (Å²) in [6.07, 6.45) is 2.23. The molecule has 21 heavy (non-hydrogen) atoms. The maximum atomic E-state index is 10.2. The van der Waals surface area contributed by atoms with Gasteiger partial charge in [-0.2, -0.15) is 0 Å². The first-order valence-electron chi connectivity index (χ1n) is 7.07. The Balaban J connectivity index is 2.06. The molecular formula is C17H18O4. The highest BCUT2D eigenvalue weighted by molar-refractivity contribution is 5.47. The Labute approximate surface area is 123 Å². The minimum absolute atomic E-state index is 0.0244. The zero-order chi connectivity index (χ0) is 15.0. The smallest absolute Gasteiger partial charge is 0.138 e. The lowest BCUT2D eigenvalue weighted by molar-refractivity contribution is 0.0361. The van der Waals surface area contributed by atoms with E-state index in [2.05, 4.69) is 0 Å². The van der Waals surface area contributed by atoms with Gasteiger partial charge in [-0.25, -0.2) is 0 Å². The van der Waals surface area contributed by atoms with Crippen LogP contribution in [0.1, 0.15) is 30.9 Å². The average molecular weight is 286 g/mol. The van der Waals surface area contributed by atoms with Crippen molar-refractivity contribution in [1.29, 1.82) is 0 Å². The molecule has 2 aromatic carbocycles. The number of hydrogen-bond acceptors (Lipinski definition) is 4. The second-order valence-electron chi connectivity index (χ2n) is 5.44. The fourth-order valence-electron chi connectivity index (χ4n) is 2.98. The van der Waals surface area contributed by atoms with Crippen LogP contribution in [0, 0.1) is 0 Å². The Morgan fingerprint density at radius 1 is 1.05 bits per heavy atom. The van der Waals surface area contributed by atoms with Crippen LogP contribution in [0.2, 0.25) is 0 Å². The van der Waals surface area contributed by atoms with Crippen molar-refractivity contribution in [2.75, 3.05) is 0 Å². The highest BCUT2D eigenvalue weighted by Gasteiger charge is 2.38. The predicted octanol–water partition coefficient (Wildman–Crippen LogP) is 3.43. The van der Waals surface area contributed by atoms with Crippen molar-refractivity contribution in [3.05, 3.63) is 47.5 Å². The molecule has 0 aromatic heterocycles. The maximum absolute atomic E-state index is 10.2. The molecule has 110 valence electrons. The van der Waals surface area contributed by atoms with E-state index < -0.39 is 5.60 Å². The summed E-state index contributed by atoms with van der Waals surface area (Å²) >= 11 is 0. The van der Waals surface area contributed by atoms with Gasteiger partial charge < -0.3 is 20.1 Å². The Bertz CT molecular complexity index is 680. The molecule has 1 aliphatic heterocycles. The van der Waals surface area contributed by atoms with Crippen LogP contribution in [-0.4, -0.2) is 15.3 Å². The lowest BCUT2D eigenvalue weighted by Crippen LogP contribution is -2.36. The van der Waals surface area contributed by atoms with Gasteiger partial charge in [0.25, 0.3) is 0 Å². The van der Waals surface area contributed by atoms with E-state index in [1.165, 1.54) is 6.07 Å². The van der Waals surface area contributed by atoms with E-state index >= 15 is 0 Å². The second kappa shape index (κ2) is 4.88. The molecule has 1 atom stereocenters. The van der Waals surface area contributed by atoms with E-state index in [1.54, 1.807) is 24.3 Å². The number of fused-ring (bicyclic) bond motifs is 1. The van der Waals surface area contributed by atoms with Crippen LogP contribution in [0.4, 0.5) is 0 Å². The number of ether oxygens (including phenoxy) is 1. The Morgan fingerprint density at radius 2 is 1.76 bits per heavy atom. The molecule has 3 rings (SSSR count). The summed E-state index contributed by atoms with van der Waals surface area (Å²) in [6, 6.07) is 9.69. The number of aryl methyl sites for hydroxylation is 1. The predicted molar refractivity (Wildman–Crippen MR) is 78.8 cm³/mol. The molecule has 1 unspecified atom stereocenters. The van der Waals surface area contributed by atoms with Crippen molar-refractivity contribution in [1.82, 2.24) is 0 Å². The van der Waals surface area contributed by atoms with Crippen LogP contribution in [0.3, 0.4) is 0 Å². The van der Waals surface area contributed by atoms with Crippen molar-refractivity contribution in [2.24, 2.45) is 0 Å². The quantitative estimate of drug-likeness (QED) is 0.791. The third kappa shape index (κ3) is 2.27. The van der Waals surface area contributed by atoms with E-state index in [0.717, 1.165) is 18.4 Å². The van der Waals surface area contributed by atoms with Gasteiger partial charge in [0.2, 0.25) is 0 Å². The maximum Gasteiger partial charge on any atom is 0.138 e. The summed E-state index contributed by atoms with van der Waals surface area (Å²) < 4.78 is 6.15. The zero-order valence-corrected chi connectivity index (χ0v) is 11.8. The third-order valence-corrected chi connectivity index (χ3v) is 4.20. The van der Waals surface area contributed by atoms with Crippen LogP contribution in [0.15, 0.2) is 36.4 Å². The molecular weight excluding hydrogens is 268 g/mol. The van der Waals surface area contributed by atoms with E-state index in [-0.39, 0.29) is 17.2 Å². The molecule has 3 N–H and O–H groups in total. The molecule has 0 spiro atoms. The van der Waals surface area contributed by atoms with Crippen molar-refractivity contribution in [3.8, 4) is 23.0 Å². The number of phenolic OH excluding ortho intramolecular Hbond substituents is 3. The molecule has 0 saturated heterocycles. The molecule has 0 aliphatic carbocycles. The molecule has 0 fully saturated rings. The third-order valence-electron chi connectivity index (χ3n) is 4.20. The van der Waals surface area contributed by atoms with Gasteiger partial charge in [0.05, 0.1) is 0 Å². The van der Waals surface area contributed by atoms with Gasteiger partial charge in [-0.15, -0.1) is 0 Å². The van der Waals surface area contributed by atoms with Gasteiger partial charge in [0.15, 0.2) is 0 Å². The molecule has 4 heteroatoms. The van der Waals surface area contributed by atoms with Gasteiger partial charge in [-0.3, -0.25) is 0 Å². The highest BCUT2D eigenvalue weighted by atomic mass is 16.5. The monoisotopic (exact) mass is 286 g/mol. The largest absolute Gasteiger partial charge is 0.508 e. The molecule has 4 nitrogen and oxygen atoms in total. The van der Waals surface area contributed by atoms with Gasteiger partial charge in [-0.1, -0.05) is 13.0 Å². The highest BCUT2D eigenvalue weighted by Crippen LogP contribution is 2.45. The lowest BCUT2D eigenvalue weighted by atomic mass is 9.82. The minimum atomic E-state index is -0.640. The Morgan fingerprint density at radius 3 is 2.48 bits per heavy atom. The van der Waals surface area contributed by atoms with E-state index in [4.69, 9.17) is 4.74 Å². The van der Waals surface area contributed by atoms with Crippen molar-refractivity contribution < 1.29 is 20.1 Å². The van der Waals surface area contributed by atoms with E-state index in [1.807, 2.05) is 13.0 Å². The number of hydrogen-bond donors (Lipinski definition) is 3. The van der Waals surface area contributed by atoms with Crippen LogP contribution in [0.25, 0.3) is 0 Å². The molecule has 0 radical (unpaired) electrons. The molecule has 0 amide bonds.